The predicted octanol–water partition coefficient (Wildman–Crippen LogP) is 3.47. The van der Waals surface area contributed by atoms with E-state index in [0.717, 1.165) is 16.5 Å². The Hall–Kier alpha value is -1.13. The minimum Gasteiger partial charge on any atom is -0.397 e. The van der Waals surface area contributed by atoms with Gasteiger partial charge < -0.3 is 5.73 Å². The van der Waals surface area contributed by atoms with Crippen LogP contribution in [0.3, 0.4) is 0 Å². The monoisotopic (exact) mass is 274 g/mol. The maximum absolute atomic E-state index is 5.63. The van der Waals surface area contributed by atoms with Crippen LogP contribution in [0.25, 0.3) is 0 Å². The highest BCUT2D eigenvalue weighted by molar-refractivity contribution is 8.03. The van der Waals surface area contributed by atoms with E-state index in [1.165, 1.54) is 16.9 Å². The zero-order chi connectivity index (χ0) is 12.4. The Labute approximate surface area is 115 Å². The van der Waals surface area contributed by atoms with Gasteiger partial charge in [0.25, 0.3) is 0 Å². The second-order valence-corrected chi connectivity index (χ2v) is 6.67. The first-order valence-corrected chi connectivity index (χ1v) is 7.77. The van der Waals surface area contributed by atoms with Crippen LogP contribution in [-0.2, 0) is 6.42 Å². The topological polar surface area (TPSA) is 38.9 Å². The average Bonchev–Trinajstić information content (AvgIpc) is 2.81. The number of nitrogens with two attached hydrogens (primary N) is 1. The number of thioether (sulfide) groups is 2. The summed E-state index contributed by atoms with van der Waals surface area (Å²) in [5.41, 5.74) is 7.84. The van der Waals surface area contributed by atoms with Crippen molar-refractivity contribution in [2.24, 2.45) is 0 Å². The van der Waals surface area contributed by atoms with E-state index in [9.17, 15) is 0 Å². The lowest BCUT2D eigenvalue weighted by Gasteiger charge is -2.07. The Balaban J connectivity index is 1.58. The summed E-state index contributed by atoms with van der Waals surface area (Å²) in [6.45, 7) is 0. The fourth-order valence-electron chi connectivity index (χ4n) is 2.00. The van der Waals surface area contributed by atoms with Gasteiger partial charge in [0.1, 0.15) is 0 Å². The average molecular weight is 274 g/mol. The summed E-state index contributed by atoms with van der Waals surface area (Å²) in [4.78, 5) is 5.76. The van der Waals surface area contributed by atoms with Crippen molar-refractivity contribution >= 4 is 29.2 Å². The molecule has 18 heavy (non-hydrogen) atoms. The number of rotatable bonds is 3. The highest BCUT2D eigenvalue weighted by Crippen LogP contribution is 2.38. The Morgan fingerprint density at radius 3 is 2.94 bits per heavy atom. The second-order valence-electron chi connectivity index (χ2n) is 4.29. The van der Waals surface area contributed by atoms with Gasteiger partial charge in [0.2, 0.25) is 0 Å². The normalized spacial score (nSPS) is 17.7. The minimum absolute atomic E-state index is 0.659. The van der Waals surface area contributed by atoms with Gasteiger partial charge in [0.15, 0.2) is 0 Å². The molecule has 1 atom stereocenters. The van der Waals surface area contributed by atoms with Gasteiger partial charge in [-0.2, -0.15) is 0 Å². The molecule has 0 fully saturated rings. The molecule has 4 heteroatoms. The van der Waals surface area contributed by atoms with Crippen LogP contribution in [0.1, 0.15) is 5.56 Å². The van der Waals surface area contributed by atoms with Crippen LogP contribution in [-0.4, -0.2) is 16.0 Å². The zero-order valence-electron chi connectivity index (χ0n) is 9.87. The zero-order valence-corrected chi connectivity index (χ0v) is 11.5. The van der Waals surface area contributed by atoms with Crippen molar-refractivity contribution < 1.29 is 0 Å². The Kier molecular flexibility index (Phi) is 3.48. The van der Waals surface area contributed by atoms with Crippen LogP contribution in [0.15, 0.2) is 52.5 Å². The molecule has 1 aromatic carbocycles. The molecule has 92 valence electrons. The summed E-state index contributed by atoms with van der Waals surface area (Å²) in [5, 5.41) is 1.72. The highest BCUT2D eigenvalue weighted by atomic mass is 32.2. The van der Waals surface area contributed by atoms with Crippen molar-refractivity contribution in [3.05, 3.63) is 48.2 Å². The fraction of sp³-hybridized carbons (Fsp3) is 0.214. The van der Waals surface area contributed by atoms with Gasteiger partial charge in [-0.3, -0.25) is 0 Å². The molecule has 1 aromatic heterocycles. The van der Waals surface area contributed by atoms with Crippen molar-refractivity contribution in [2.45, 2.75) is 21.6 Å². The van der Waals surface area contributed by atoms with Crippen molar-refractivity contribution in [3.63, 3.8) is 0 Å². The van der Waals surface area contributed by atoms with E-state index in [1.807, 2.05) is 35.7 Å². The highest BCUT2D eigenvalue weighted by Gasteiger charge is 2.21. The van der Waals surface area contributed by atoms with Gasteiger partial charge in [0.05, 0.1) is 16.9 Å². The van der Waals surface area contributed by atoms with E-state index in [4.69, 9.17) is 5.73 Å². The van der Waals surface area contributed by atoms with E-state index in [2.05, 4.69) is 29.2 Å². The molecule has 0 saturated heterocycles. The third-order valence-electron chi connectivity index (χ3n) is 2.89. The molecule has 0 saturated carbocycles. The molecule has 3 rings (SSSR count). The summed E-state index contributed by atoms with van der Waals surface area (Å²) >= 11 is 3.79. The minimum atomic E-state index is 0.659. The molecule has 2 nitrogen and oxygen atoms in total. The van der Waals surface area contributed by atoms with Crippen LogP contribution in [0.2, 0.25) is 0 Å². The lowest BCUT2D eigenvalue weighted by atomic mass is 10.1. The summed E-state index contributed by atoms with van der Waals surface area (Å²) in [6, 6.07) is 12.6. The smallest absolute Gasteiger partial charge is 0.0961 e. The van der Waals surface area contributed by atoms with Gasteiger partial charge in [0, 0.05) is 15.9 Å². The molecule has 1 unspecified atom stereocenters. The lowest BCUT2D eigenvalue weighted by Crippen LogP contribution is -2.04. The van der Waals surface area contributed by atoms with Gasteiger partial charge >= 0.3 is 0 Å². The fourth-order valence-corrected chi connectivity index (χ4v) is 4.33. The van der Waals surface area contributed by atoms with E-state index in [-0.39, 0.29) is 0 Å². The number of pyridine rings is 1. The number of anilines is 1. The van der Waals surface area contributed by atoms with E-state index >= 15 is 0 Å². The maximum Gasteiger partial charge on any atom is 0.0961 e. The van der Waals surface area contributed by atoms with Crippen molar-refractivity contribution in [1.29, 1.82) is 0 Å². The van der Waals surface area contributed by atoms with Crippen molar-refractivity contribution in [1.82, 2.24) is 4.98 Å². The van der Waals surface area contributed by atoms with Crippen LogP contribution in [0.5, 0.6) is 0 Å². The molecule has 2 heterocycles. The largest absolute Gasteiger partial charge is 0.397 e. The van der Waals surface area contributed by atoms with Gasteiger partial charge in [-0.25, -0.2) is 4.98 Å². The SMILES string of the molecule is Nc1ccc(SCC2Cc3ccccc3S2)nc1. The molecule has 0 spiro atoms. The maximum atomic E-state index is 5.63. The van der Waals surface area contributed by atoms with Crippen molar-refractivity contribution in [3.8, 4) is 0 Å². The number of nitrogens with zero attached hydrogens (tertiary/aromatic N) is 1. The molecular weight excluding hydrogens is 260 g/mol. The number of benzene rings is 1. The number of nitrogen functional groups attached to an aromatic ring is 1. The molecule has 2 N–H and O–H groups in total. The third kappa shape index (κ3) is 2.65. The summed E-state index contributed by atoms with van der Waals surface area (Å²) in [7, 11) is 0. The van der Waals surface area contributed by atoms with Crippen LogP contribution in [0, 0.1) is 0 Å². The first-order chi connectivity index (χ1) is 8.81. The first-order valence-electron chi connectivity index (χ1n) is 5.90. The Morgan fingerprint density at radius 2 is 2.17 bits per heavy atom. The number of hydrogen-bond acceptors (Lipinski definition) is 4. The van der Waals surface area contributed by atoms with E-state index < -0.39 is 0 Å². The Bertz CT molecular complexity index is 515. The molecule has 0 bridgehead atoms. The van der Waals surface area contributed by atoms with Crippen LogP contribution in [0.4, 0.5) is 5.69 Å². The quantitative estimate of drug-likeness (QED) is 0.870. The third-order valence-corrected chi connectivity index (χ3v) is 5.53. The van der Waals surface area contributed by atoms with Gasteiger partial charge in [-0.15, -0.1) is 23.5 Å². The van der Waals surface area contributed by atoms with Crippen LogP contribution >= 0.6 is 23.5 Å². The van der Waals surface area contributed by atoms with E-state index in [1.54, 1.807) is 6.20 Å². The summed E-state index contributed by atoms with van der Waals surface area (Å²) in [6.07, 6.45) is 2.89. The molecule has 0 amide bonds. The molecular formula is C14H14N2S2. The van der Waals surface area contributed by atoms with Crippen LogP contribution < -0.4 is 5.73 Å². The van der Waals surface area contributed by atoms with E-state index in [0.29, 0.717) is 5.25 Å². The summed E-state index contributed by atoms with van der Waals surface area (Å²) in [5.74, 6) is 1.09. The first kappa shape index (κ1) is 11.9. The van der Waals surface area contributed by atoms with Crippen molar-refractivity contribution in [2.75, 3.05) is 11.5 Å². The molecule has 0 aliphatic carbocycles. The van der Waals surface area contributed by atoms with Gasteiger partial charge in [-0.1, -0.05) is 18.2 Å². The molecule has 0 radical (unpaired) electrons. The predicted molar refractivity (Wildman–Crippen MR) is 79.2 cm³/mol. The molecule has 1 aliphatic rings. The second kappa shape index (κ2) is 5.24. The van der Waals surface area contributed by atoms with Gasteiger partial charge in [-0.05, 0) is 30.2 Å². The standard InChI is InChI=1S/C14H14N2S2/c15-11-5-6-14(16-8-11)17-9-12-7-10-3-1-2-4-13(10)18-12/h1-6,8,12H,7,9,15H2. The Morgan fingerprint density at radius 1 is 1.28 bits per heavy atom. The number of aromatic nitrogens is 1. The molecule has 2 aromatic rings. The lowest BCUT2D eigenvalue weighted by molar-refractivity contribution is 0.967. The number of hydrogen-bond donors (Lipinski definition) is 1. The summed E-state index contributed by atoms with van der Waals surface area (Å²) < 4.78 is 0. The molecule has 1 aliphatic heterocycles. The number of fused-ring (bicyclic) bond motifs is 1.